The third-order valence-corrected chi connectivity index (χ3v) is 5.27. The van der Waals surface area contributed by atoms with E-state index in [4.69, 9.17) is 11.5 Å². The second kappa shape index (κ2) is 14.7. The summed E-state index contributed by atoms with van der Waals surface area (Å²) in [6, 6.07) is -3.12. The Hall–Kier alpha value is -2.24. The zero-order valence-electron chi connectivity index (χ0n) is 18.3. The van der Waals surface area contributed by atoms with Gasteiger partial charge in [-0.15, -0.1) is 0 Å². The molecule has 1 rings (SSSR count). The van der Waals surface area contributed by atoms with Crippen LogP contribution < -0.4 is 32.7 Å². The Kier molecular flexibility index (Phi) is 12.7. The number of hydrogen-bond donors (Lipinski definition) is 7. The van der Waals surface area contributed by atoms with E-state index >= 15 is 0 Å². The molecule has 9 N–H and O–H groups in total. The van der Waals surface area contributed by atoms with Crippen LogP contribution in [0.3, 0.4) is 0 Å². The van der Waals surface area contributed by atoms with Crippen LogP contribution in [0.25, 0.3) is 0 Å². The highest BCUT2D eigenvalue weighted by Gasteiger charge is 2.29. The molecule has 4 atom stereocenters. The van der Waals surface area contributed by atoms with Gasteiger partial charge in [-0.2, -0.15) is 0 Å². The average Bonchev–Trinajstić information content (AvgIpc) is 3.27. The lowest BCUT2D eigenvalue weighted by molar-refractivity contribution is -0.142. The smallest absolute Gasteiger partial charge is 0.326 e. The molecule has 1 fully saturated rings. The van der Waals surface area contributed by atoms with E-state index in [1.54, 1.807) is 6.92 Å². The Morgan fingerprint density at radius 1 is 0.935 bits per heavy atom. The van der Waals surface area contributed by atoms with Crippen molar-refractivity contribution in [3.05, 3.63) is 0 Å². The van der Waals surface area contributed by atoms with E-state index in [-0.39, 0.29) is 18.4 Å². The minimum atomic E-state index is -1.14. The van der Waals surface area contributed by atoms with Crippen molar-refractivity contribution in [2.24, 2.45) is 11.5 Å². The summed E-state index contributed by atoms with van der Waals surface area (Å²) in [6.45, 7) is 3.19. The highest BCUT2D eigenvalue weighted by Crippen LogP contribution is 2.07. The number of nitrogens with two attached hydrogens (primary N) is 2. The maximum Gasteiger partial charge on any atom is 0.326 e. The number of carboxylic acid groups (broad SMARTS) is 1. The minimum absolute atomic E-state index is 0.253. The van der Waals surface area contributed by atoms with E-state index in [9.17, 15) is 24.3 Å². The number of carbonyl (C=O) groups is 4. The minimum Gasteiger partial charge on any atom is -0.480 e. The van der Waals surface area contributed by atoms with Crippen LogP contribution >= 0.6 is 0 Å². The predicted octanol–water partition coefficient (Wildman–Crippen LogP) is -1.44. The molecule has 0 unspecified atom stereocenters. The van der Waals surface area contributed by atoms with Gasteiger partial charge in [0.15, 0.2) is 0 Å². The molecule has 0 aliphatic carbocycles. The first-order chi connectivity index (χ1) is 14.8. The summed E-state index contributed by atoms with van der Waals surface area (Å²) in [5.41, 5.74) is 11.0. The van der Waals surface area contributed by atoms with Gasteiger partial charge < -0.3 is 37.8 Å². The topological polar surface area (TPSA) is 189 Å². The van der Waals surface area contributed by atoms with Gasteiger partial charge in [-0.1, -0.05) is 0 Å². The van der Waals surface area contributed by atoms with Crippen molar-refractivity contribution < 1.29 is 24.3 Å². The largest absolute Gasteiger partial charge is 0.480 e. The molecule has 178 valence electrons. The molecule has 1 saturated heterocycles. The number of carboxylic acids is 1. The zero-order chi connectivity index (χ0) is 23.2. The molecule has 1 aliphatic rings. The fraction of sp³-hybridized carbons (Fsp3) is 0.800. The summed E-state index contributed by atoms with van der Waals surface area (Å²) in [6.07, 6.45) is 4.66. The first kappa shape index (κ1) is 26.8. The lowest BCUT2D eigenvalue weighted by atomic mass is 10.1. The number of hydrogen-bond acceptors (Lipinski definition) is 7. The molecule has 0 aromatic heterocycles. The van der Waals surface area contributed by atoms with Crippen molar-refractivity contribution in [2.75, 3.05) is 19.6 Å². The first-order valence-corrected chi connectivity index (χ1v) is 11.1. The second-order valence-corrected chi connectivity index (χ2v) is 7.91. The van der Waals surface area contributed by atoms with Crippen molar-refractivity contribution in [3.8, 4) is 0 Å². The molecule has 11 heteroatoms. The standard InChI is InChI=1S/C20H38N6O5/c1-13(24-18(28)14-9-6-12-23-14)17(27)25-15(7-2-4-10-21)19(29)26-16(20(30)31)8-3-5-11-22/h13-16,23H,2-12,21-22H2,1H3,(H,24,28)(H,25,27)(H,26,29)(H,30,31)/t13-,14-,15-,16-/m0/s1. The fourth-order valence-electron chi connectivity index (χ4n) is 3.37. The third-order valence-electron chi connectivity index (χ3n) is 5.27. The Balaban J connectivity index is 2.69. The van der Waals surface area contributed by atoms with Gasteiger partial charge >= 0.3 is 5.97 Å². The number of aliphatic carboxylic acids is 1. The highest BCUT2D eigenvalue weighted by molar-refractivity contribution is 5.93. The lowest BCUT2D eigenvalue weighted by Crippen LogP contribution is -2.56. The maximum atomic E-state index is 12.7. The SMILES string of the molecule is C[C@H](NC(=O)[C@@H]1CCCN1)C(=O)N[C@@H](CCCCN)C(=O)N[C@@H](CCCCN)C(=O)O. The molecule has 11 nitrogen and oxygen atoms in total. The third kappa shape index (κ3) is 10.1. The van der Waals surface area contributed by atoms with Crippen LogP contribution in [0.4, 0.5) is 0 Å². The maximum absolute atomic E-state index is 12.7. The molecule has 0 saturated carbocycles. The van der Waals surface area contributed by atoms with Gasteiger partial charge in [-0.3, -0.25) is 14.4 Å². The number of nitrogens with one attached hydrogen (secondary N) is 4. The van der Waals surface area contributed by atoms with Crippen LogP contribution in [0.2, 0.25) is 0 Å². The van der Waals surface area contributed by atoms with Gasteiger partial charge in [0.2, 0.25) is 17.7 Å². The molecule has 1 heterocycles. The number of carbonyl (C=O) groups excluding carboxylic acids is 3. The van der Waals surface area contributed by atoms with E-state index in [0.29, 0.717) is 51.6 Å². The van der Waals surface area contributed by atoms with Gasteiger partial charge in [0.1, 0.15) is 18.1 Å². The number of unbranched alkanes of at least 4 members (excludes halogenated alkanes) is 2. The molecule has 31 heavy (non-hydrogen) atoms. The summed E-state index contributed by atoms with van der Waals surface area (Å²) in [5, 5.41) is 20.3. The summed E-state index contributed by atoms with van der Waals surface area (Å²) in [4.78, 5) is 49.0. The molecular formula is C20H38N6O5. The quantitative estimate of drug-likeness (QED) is 0.150. The van der Waals surface area contributed by atoms with Crippen molar-refractivity contribution in [1.29, 1.82) is 0 Å². The average molecular weight is 443 g/mol. The summed E-state index contributed by atoms with van der Waals surface area (Å²) in [7, 11) is 0. The van der Waals surface area contributed by atoms with Crippen molar-refractivity contribution in [1.82, 2.24) is 21.3 Å². The molecule has 0 aromatic carbocycles. The van der Waals surface area contributed by atoms with E-state index < -0.39 is 35.9 Å². The van der Waals surface area contributed by atoms with Gasteiger partial charge in [0, 0.05) is 0 Å². The van der Waals surface area contributed by atoms with Gasteiger partial charge in [-0.05, 0) is 77.9 Å². The summed E-state index contributed by atoms with van der Waals surface area (Å²) < 4.78 is 0. The summed E-state index contributed by atoms with van der Waals surface area (Å²) in [5.74, 6) is -2.46. The molecule has 0 spiro atoms. The Morgan fingerprint density at radius 3 is 2.03 bits per heavy atom. The van der Waals surface area contributed by atoms with Crippen LogP contribution in [0, 0.1) is 0 Å². The number of amides is 3. The Morgan fingerprint density at radius 2 is 1.52 bits per heavy atom. The van der Waals surface area contributed by atoms with E-state index in [2.05, 4.69) is 21.3 Å². The second-order valence-electron chi connectivity index (χ2n) is 7.91. The highest BCUT2D eigenvalue weighted by atomic mass is 16.4. The van der Waals surface area contributed by atoms with Crippen molar-refractivity contribution in [2.45, 2.75) is 82.5 Å². The van der Waals surface area contributed by atoms with Crippen LogP contribution in [0.5, 0.6) is 0 Å². The fourth-order valence-corrected chi connectivity index (χ4v) is 3.37. The van der Waals surface area contributed by atoms with Crippen molar-refractivity contribution in [3.63, 3.8) is 0 Å². The van der Waals surface area contributed by atoms with Gasteiger partial charge in [0.05, 0.1) is 6.04 Å². The van der Waals surface area contributed by atoms with E-state index in [1.165, 1.54) is 0 Å². The number of rotatable bonds is 15. The van der Waals surface area contributed by atoms with Crippen LogP contribution in [0.15, 0.2) is 0 Å². The lowest BCUT2D eigenvalue weighted by Gasteiger charge is -2.24. The van der Waals surface area contributed by atoms with E-state index in [0.717, 1.165) is 13.0 Å². The first-order valence-electron chi connectivity index (χ1n) is 11.1. The van der Waals surface area contributed by atoms with Crippen molar-refractivity contribution >= 4 is 23.7 Å². The Bertz CT molecular complexity index is 597. The van der Waals surface area contributed by atoms with E-state index in [1.807, 2.05) is 0 Å². The molecule has 0 radical (unpaired) electrons. The molecule has 3 amide bonds. The molecule has 0 bridgehead atoms. The van der Waals surface area contributed by atoms with Crippen LogP contribution in [0.1, 0.15) is 58.3 Å². The zero-order valence-corrected chi connectivity index (χ0v) is 18.3. The molecule has 0 aromatic rings. The predicted molar refractivity (Wildman–Crippen MR) is 116 cm³/mol. The normalized spacial score (nSPS) is 18.6. The van der Waals surface area contributed by atoms with Crippen LogP contribution in [-0.2, 0) is 19.2 Å². The van der Waals surface area contributed by atoms with Crippen LogP contribution in [-0.4, -0.2) is 72.6 Å². The monoisotopic (exact) mass is 442 g/mol. The summed E-state index contributed by atoms with van der Waals surface area (Å²) >= 11 is 0. The molecular weight excluding hydrogens is 404 g/mol. The van der Waals surface area contributed by atoms with Gasteiger partial charge in [0.25, 0.3) is 0 Å². The molecule has 1 aliphatic heterocycles. The Labute approximate surface area is 183 Å². The van der Waals surface area contributed by atoms with Gasteiger partial charge in [-0.25, -0.2) is 4.79 Å².